The zero-order chi connectivity index (χ0) is 23.0. The molecule has 8 heteroatoms. The number of carbonyl (C=O) groups is 1. The van der Waals surface area contributed by atoms with Crippen molar-refractivity contribution in [3.63, 3.8) is 0 Å². The van der Waals surface area contributed by atoms with E-state index in [9.17, 15) is 22.4 Å². The van der Waals surface area contributed by atoms with Crippen LogP contribution in [0.1, 0.15) is 26.4 Å². The molecule has 2 aromatic carbocycles. The van der Waals surface area contributed by atoms with Crippen molar-refractivity contribution < 1.29 is 22.4 Å². The zero-order valence-electron chi connectivity index (χ0n) is 17.4. The Morgan fingerprint density at radius 2 is 1.75 bits per heavy atom. The summed E-state index contributed by atoms with van der Waals surface area (Å²) in [4.78, 5) is 18.5. The van der Waals surface area contributed by atoms with Gasteiger partial charge in [-0.2, -0.15) is 13.2 Å². The fourth-order valence-corrected chi connectivity index (χ4v) is 4.72. The summed E-state index contributed by atoms with van der Waals surface area (Å²) in [6.45, 7) is 1.94. The van der Waals surface area contributed by atoms with Crippen LogP contribution in [0.2, 0.25) is 0 Å². The van der Waals surface area contributed by atoms with Gasteiger partial charge in [0.05, 0.1) is 18.7 Å². The first-order chi connectivity index (χ1) is 15.2. The Bertz CT molecular complexity index is 1180. The van der Waals surface area contributed by atoms with Crippen LogP contribution in [0, 0.1) is 6.92 Å². The molecule has 0 bridgehead atoms. The van der Waals surface area contributed by atoms with Crippen molar-refractivity contribution >= 4 is 23.5 Å². The second-order valence-electron chi connectivity index (χ2n) is 7.67. The molecule has 0 spiro atoms. The summed E-state index contributed by atoms with van der Waals surface area (Å²) >= 11 is 1.35. The smallest absolute Gasteiger partial charge is 0.333 e. The number of hydrogen-bond acceptors (Lipinski definition) is 3. The number of nitrogens with zero attached hydrogens (tertiary/aromatic N) is 2. The third kappa shape index (κ3) is 4.19. The number of rotatable bonds is 4. The average molecular weight is 460 g/mol. The van der Waals surface area contributed by atoms with Gasteiger partial charge in [-0.25, -0.2) is 4.39 Å². The van der Waals surface area contributed by atoms with Gasteiger partial charge in [0.15, 0.2) is 0 Å². The largest absolute Gasteiger partial charge is 0.417 e. The quantitative estimate of drug-likeness (QED) is 0.335. The molecule has 1 aliphatic rings. The average Bonchev–Trinajstić information content (AvgIpc) is 3.10. The highest BCUT2D eigenvalue weighted by Gasteiger charge is 2.35. The van der Waals surface area contributed by atoms with Crippen LogP contribution in [0.25, 0.3) is 22.3 Å². The molecule has 1 aliphatic heterocycles. The van der Waals surface area contributed by atoms with Crippen LogP contribution < -0.4 is 0 Å². The minimum Gasteiger partial charge on any atom is -0.333 e. The van der Waals surface area contributed by atoms with E-state index in [1.54, 1.807) is 55.9 Å². The maximum atomic E-state index is 13.9. The number of thiophene rings is 1. The molecule has 32 heavy (non-hydrogen) atoms. The fourth-order valence-electron chi connectivity index (χ4n) is 3.71. The van der Waals surface area contributed by atoms with Gasteiger partial charge in [-0.3, -0.25) is 9.79 Å². The highest BCUT2D eigenvalue weighted by Crippen LogP contribution is 2.42. The van der Waals surface area contributed by atoms with E-state index in [0.29, 0.717) is 22.3 Å². The summed E-state index contributed by atoms with van der Waals surface area (Å²) in [5.74, 6) is -0.281. The Morgan fingerprint density at radius 3 is 2.34 bits per heavy atom. The first-order valence-electron chi connectivity index (χ1n) is 9.94. The van der Waals surface area contributed by atoms with Crippen molar-refractivity contribution in [1.29, 1.82) is 0 Å². The molecule has 0 aliphatic carbocycles. The molecule has 0 radical (unpaired) electrons. The number of hydrogen-bond donors (Lipinski definition) is 0. The lowest BCUT2D eigenvalue weighted by Crippen LogP contribution is -2.51. The van der Waals surface area contributed by atoms with Gasteiger partial charge in [0, 0.05) is 23.7 Å². The van der Waals surface area contributed by atoms with Crippen LogP contribution in [-0.2, 0) is 6.18 Å². The van der Waals surface area contributed by atoms with Crippen LogP contribution in [0.5, 0.6) is 0 Å². The summed E-state index contributed by atoms with van der Waals surface area (Å²) in [6, 6.07) is 10.6. The molecule has 0 atom stereocenters. The van der Waals surface area contributed by atoms with Crippen molar-refractivity contribution in [2.45, 2.75) is 19.3 Å². The van der Waals surface area contributed by atoms with E-state index in [-0.39, 0.29) is 24.6 Å². The third-order valence-corrected chi connectivity index (χ3v) is 6.55. The van der Waals surface area contributed by atoms with Crippen molar-refractivity contribution in [2.24, 2.45) is 4.99 Å². The topological polar surface area (TPSA) is 32.7 Å². The van der Waals surface area contributed by atoms with Gasteiger partial charge in [-0.05, 0) is 58.3 Å². The number of likely N-dealkylation sites (tertiary alicyclic amines) is 1. The Morgan fingerprint density at radius 1 is 1.09 bits per heavy atom. The second kappa shape index (κ2) is 8.50. The zero-order valence-corrected chi connectivity index (χ0v) is 18.2. The molecule has 2 heterocycles. The molecule has 0 unspecified atom stereocenters. The van der Waals surface area contributed by atoms with E-state index in [1.807, 2.05) is 0 Å². The van der Waals surface area contributed by atoms with Crippen LogP contribution in [0.3, 0.4) is 0 Å². The summed E-state index contributed by atoms with van der Waals surface area (Å²) in [6.07, 6.45) is -3.88. The van der Waals surface area contributed by atoms with E-state index in [2.05, 4.69) is 4.99 Å². The lowest BCUT2D eigenvalue weighted by atomic mass is 9.93. The lowest BCUT2D eigenvalue weighted by Gasteiger charge is -2.34. The van der Waals surface area contributed by atoms with E-state index in [1.165, 1.54) is 22.3 Å². The molecule has 4 rings (SSSR count). The van der Waals surface area contributed by atoms with Gasteiger partial charge in [0.2, 0.25) is 0 Å². The molecule has 1 fully saturated rings. The molecule has 1 amide bonds. The van der Waals surface area contributed by atoms with Gasteiger partial charge >= 0.3 is 6.18 Å². The molecule has 0 N–H and O–H groups in total. The number of benzene rings is 2. The van der Waals surface area contributed by atoms with Gasteiger partial charge in [-0.1, -0.05) is 24.3 Å². The van der Waals surface area contributed by atoms with E-state index in [0.717, 1.165) is 16.5 Å². The van der Waals surface area contributed by atoms with Gasteiger partial charge in [-0.15, -0.1) is 11.3 Å². The number of amides is 1. The minimum absolute atomic E-state index is 0.0742. The standard InChI is InChI=1S/C24H20F4N2OS/c1-14-20(13-32-22(14)10-29-2)19-8-7-17(9-21(19)24(26,27)28)15-3-5-16(6-4-15)23(31)30-11-18(25)12-30/h3-10,13,18H,11-12H2,1-2H3. The molecule has 1 aromatic heterocycles. The maximum Gasteiger partial charge on any atom is 0.417 e. The number of carbonyl (C=O) groups excluding carboxylic acids is 1. The van der Waals surface area contributed by atoms with Crippen LogP contribution in [-0.4, -0.2) is 43.3 Å². The number of aliphatic imine (C=N–C) groups is 1. The summed E-state index contributed by atoms with van der Waals surface area (Å²) in [5, 5.41) is 1.72. The molecular weight excluding hydrogens is 440 g/mol. The van der Waals surface area contributed by atoms with Gasteiger partial charge in [0.1, 0.15) is 6.17 Å². The van der Waals surface area contributed by atoms with E-state index >= 15 is 0 Å². The third-order valence-electron chi connectivity index (χ3n) is 5.53. The first kappa shape index (κ1) is 22.2. The van der Waals surface area contributed by atoms with E-state index < -0.39 is 17.9 Å². The lowest BCUT2D eigenvalue weighted by molar-refractivity contribution is -0.137. The Kier molecular flexibility index (Phi) is 5.90. The first-order valence-corrected chi connectivity index (χ1v) is 10.8. The molecule has 1 saturated heterocycles. The van der Waals surface area contributed by atoms with Crippen molar-refractivity contribution in [1.82, 2.24) is 4.90 Å². The highest BCUT2D eigenvalue weighted by atomic mass is 32.1. The Balaban J connectivity index is 1.68. The summed E-state index contributed by atoms with van der Waals surface area (Å²) < 4.78 is 54.8. The SMILES string of the molecule is CN=Cc1scc(-c2ccc(-c3ccc(C(=O)N4CC(F)C4)cc3)cc2C(F)(F)F)c1C. The molecule has 3 aromatic rings. The normalized spacial score (nSPS) is 14.8. The molecule has 166 valence electrons. The highest BCUT2D eigenvalue weighted by molar-refractivity contribution is 7.12. The number of halogens is 4. The van der Waals surface area contributed by atoms with Crippen molar-refractivity contribution in [3.8, 4) is 22.3 Å². The number of alkyl halides is 4. The maximum absolute atomic E-state index is 13.9. The Labute approximate surface area is 187 Å². The van der Waals surface area contributed by atoms with Gasteiger partial charge < -0.3 is 4.90 Å². The fraction of sp³-hybridized carbons (Fsp3) is 0.250. The Hall–Kier alpha value is -3.00. The second-order valence-corrected chi connectivity index (χ2v) is 8.58. The summed E-state index contributed by atoms with van der Waals surface area (Å²) in [5.41, 5.74) is 2.03. The van der Waals surface area contributed by atoms with Crippen LogP contribution in [0.15, 0.2) is 52.8 Å². The van der Waals surface area contributed by atoms with Crippen molar-refractivity contribution in [3.05, 3.63) is 69.4 Å². The van der Waals surface area contributed by atoms with Crippen LogP contribution in [0.4, 0.5) is 17.6 Å². The molecular formula is C24H20F4N2OS. The monoisotopic (exact) mass is 460 g/mol. The van der Waals surface area contributed by atoms with E-state index in [4.69, 9.17) is 0 Å². The minimum atomic E-state index is -4.53. The predicted molar refractivity (Wildman–Crippen MR) is 119 cm³/mol. The van der Waals surface area contributed by atoms with Crippen LogP contribution >= 0.6 is 11.3 Å². The molecule has 3 nitrogen and oxygen atoms in total. The molecule has 0 saturated carbocycles. The summed E-state index contributed by atoms with van der Waals surface area (Å²) in [7, 11) is 1.62. The predicted octanol–water partition coefficient (Wildman–Crippen LogP) is 6.25. The van der Waals surface area contributed by atoms with Crippen molar-refractivity contribution in [2.75, 3.05) is 20.1 Å². The van der Waals surface area contributed by atoms with Gasteiger partial charge in [0.25, 0.3) is 5.91 Å².